The number of ether oxygens (including phenoxy) is 4. The first-order chi connectivity index (χ1) is 50.7. The largest absolute Gasteiger partial charge is 0.472 e. The fraction of sp³-hybridized carbons (Fsp3) is 0.788. The van der Waals surface area contributed by atoms with Gasteiger partial charge < -0.3 is 33.8 Å². The van der Waals surface area contributed by atoms with Crippen LogP contribution in [-0.4, -0.2) is 96.7 Å². The number of aliphatic hydroxyl groups excluding tert-OH is 1. The van der Waals surface area contributed by atoms with Crippen LogP contribution in [0.1, 0.15) is 374 Å². The van der Waals surface area contributed by atoms with E-state index in [1.807, 2.05) is 12.2 Å². The summed E-state index contributed by atoms with van der Waals surface area (Å²) in [5, 5.41) is 10.7. The minimum atomic E-state index is -4.99. The maximum atomic E-state index is 13.1. The summed E-state index contributed by atoms with van der Waals surface area (Å²) in [6, 6.07) is 0. The molecule has 0 aliphatic carbocycles. The lowest BCUT2D eigenvalue weighted by Gasteiger charge is -2.21. The zero-order chi connectivity index (χ0) is 76.0. The van der Waals surface area contributed by atoms with Crippen molar-refractivity contribution in [3.8, 4) is 0 Å². The Morgan fingerprint density at radius 2 is 0.490 bits per heavy atom. The predicted octanol–water partition coefficient (Wildman–Crippen LogP) is 24.6. The standard InChI is InChI=1S/C85H152O17P2/c1-5-9-13-17-21-25-29-33-37-38-39-40-44-46-50-54-58-62-66-70-83(88)96-76-81(102-85(90)72-68-64-60-56-52-48-43-36-32-28-24-20-16-12-8-4)78-100-104(93,94)98-74-79(86)73-97-103(91,92)99-77-80(101-84(89)71-67-63-59-55-51-47-42-35-31-27-23-19-15-11-7-3)75-95-82(87)69-65-61-57-53-49-45-41-34-30-26-22-18-14-10-6-2/h21,24-25,28,33,36-37,39-40,43,46,50,58,62,79-81,86H,5-20,22-23,26-27,29-32,34-35,38,41-42,44-45,47-49,51-57,59-61,63-78H2,1-4H3,(H,91,92)(H,93,94)/b25-21-,28-24-,37-33-,40-39-,43-36-,50-46-,62-58-/t79-,80+,81+/m0/s1. The number of carbonyl (C=O) groups excluding carboxylic acids is 4. The molecule has 2 unspecified atom stereocenters. The molecule has 0 radical (unpaired) electrons. The van der Waals surface area contributed by atoms with Gasteiger partial charge in [-0.3, -0.25) is 37.3 Å². The van der Waals surface area contributed by atoms with E-state index in [4.69, 9.17) is 37.0 Å². The summed E-state index contributed by atoms with van der Waals surface area (Å²) in [7, 11) is -9.97. The lowest BCUT2D eigenvalue weighted by molar-refractivity contribution is -0.161. The molecular weight excluding hydrogens is 1350 g/mol. The Kier molecular flexibility index (Phi) is 74.6. The van der Waals surface area contributed by atoms with Gasteiger partial charge in [0.1, 0.15) is 19.3 Å². The smallest absolute Gasteiger partial charge is 0.462 e. The van der Waals surface area contributed by atoms with E-state index in [-0.39, 0.29) is 25.7 Å². The second-order valence-electron chi connectivity index (χ2n) is 28.1. The van der Waals surface area contributed by atoms with Crippen molar-refractivity contribution in [2.45, 2.75) is 393 Å². The van der Waals surface area contributed by atoms with Gasteiger partial charge in [0.05, 0.1) is 26.4 Å². The molecule has 19 heteroatoms. The molecule has 0 aromatic rings. The van der Waals surface area contributed by atoms with Gasteiger partial charge in [-0.15, -0.1) is 0 Å². The third-order valence-electron chi connectivity index (χ3n) is 17.9. The van der Waals surface area contributed by atoms with Gasteiger partial charge in [-0.2, -0.15) is 0 Å². The van der Waals surface area contributed by atoms with Gasteiger partial charge in [-0.05, 0) is 96.3 Å². The van der Waals surface area contributed by atoms with Gasteiger partial charge in [0.25, 0.3) is 0 Å². The molecule has 0 fully saturated rings. The van der Waals surface area contributed by atoms with Crippen LogP contribution < -0.4 is 0 Å². The van der Waals surface area contributed by atoms with Crippen molar-refractivity contribution in [1.29, 1.82) is 0 Å². The van der Waals surface area contributed by atoms with E-state index in [9.17, 15) is 43.2 Å². The molecule has 0 spiro atoms. The number of unbranched alkanes of at least 4 members (excludes halogenated alkanes) is 39. The normalized spacial score (nSPS) is 14.3. The van der Waals surface area contributed by atoms with Crippen LogP contribution in [0.3, 0.4) is 0 Å². The SMILES string of the molecule is CCCCC/C=C\C/C=C\C/C=C\C/C=C\C/C=C\CCC(=O)OC[C@H](COP(=O)(O)OC[C@@H](O)COP(=O)(O)OC[C@@H](COC(=O)CCCCCCCCCCCCCCCCC)OC(=O)CCCCCCCCCCCCCCCCC)OC(=O)CCCCCCC/C=C\C/C=C\CCCCC. The Bertz CT molecular complexity index is 2300. The van der Waals surface area contributed by atoms with E-state index in [2.05, 4.69) is 101 Å². The fourth-order valence-corrected chi connectivity index (χ4v) is 13.1. The summed E-state index contributed by atoms with van der Waals surface area (Å²) in [6.45, 7) is 4.80. The quantitative estimate of drug-likeness (QED) is 0.0169. The molecule has 0 saturated heterocycles. The van der Waals surface area contributed by atoms with Crippen LogP contribution in [-0.2, 0) is 65.4 Å². The molecule has 5 atom stereocenters. The lowest BCUT2D eigenvalue weighted by Crippen LogP contribution is -2.30. The van der Waals surface area contributed by atoms with Crippen molar-refractivity contribution < 1.29 is 80.2 Å². The molecule has 0 bridgehead atoms. The third-order valence-corrected chi connectivity index (χ3v) is 19.8. The maximum Gasteiger partial charge on any atom is 0.472 e. The topological polar surface area (TPSA) is 237 Å². The summed E-state index contributed by atoms with van der Waals surface area (Å²) in [6.07, 6.45) is 81.3. The van der Waals surface area contributed by atoms with Crippen molar-refractivity contribution in [2.75, 3.05) is 39.6 Å². The minimum Gasteiger partial charge on any atom is -0.462 e. The zero-order valence-electron chi connectivity index (χ0n) is 66.2. The van der Waals surface area contributed by atoms with Crippen molar-refractivity contribution in [3.63, 3.8) is 0 Å². The van der Waals surface area contributed by atoms with Crippen LogP contribution in [0.25, 0.3) is 0 Å². The van der Waals surface area contributed by atoms with E-state index in [0.717, 1.165) is 116 Å². The maximum absolute atomic E-state index is 13.1. The van der Waals surface area contributed by atoms with Gasteiger partial charge in [0.15, 0.2) is 12.2 Å². The average Bonchev–Trinajstić information content (AvgIpc) is 0.918. The molecule has 0 rings (SSSR count). The van der Waals surface area contributed by atoms with Gasteiger partial charge in [0.2, 0.25) is 0 Å². The Labute approximate surface area is 634 Å². The van der Waals surface area contributed by atoms with Crippen LogP contribution in [0.15, 0.2) is 85.1 Å². The number of hydrogen-bond acceptors (Lipinski definition) is 15. The van der Waals surface area contributed by atoms with Crippen LogP contribution in [0.5, 0.6) is 0 Å². The second-order valence-corrected chi connectivity index (χ2v) is 31.0. The Morgan fingerprint density at radius 3 is 0.798 bits per heavy atom. The highest BCUT2D eigenvalue weighted by Crippen LogP contribution is 2.45. The van der Waals surface area contributed by atoms with Gasteiger partial charge in [-0.1, -0.05) is 337 Å². The van der Waals surface area contributed by atoms with E-state index in [1.54, 1.807) is 0 Å². The van der Waals surface area contributed by atoms with Crippen molar-refractivity contribution in [1.82, 2.24) is 0 Å². The fourth-order valence-electron chi connectivity index (χ4n) is 11.5. The van der Waals surface area contributed by atoms with E-state index in [0.29, 0.717) is 32.1 Å². The van der Waals surface area contributed by atoms with Gasteiger partial charge in [0, 0.05) is 25.7 Å². The predicted molar refractivity (Wildman–Crippen MR) is 427 cm³/mol. The first-order valence-corrected chi connectivity index (χ1v) is 44.8. The van der Waals surface area contributed by atoms with Crippen LogP contribution in [0, 0.1) is 0 Å². The van der Waals surface area contributed by atoms with E-state index in [1.165, 1.54) is 173 Å². The Hall–Kier alpha value is -3.76. The molecular formula is C85H152O17P2. The van der Waals surface area contributed by atoms with E-state index >= 15 is 0 Å². The van der Waals surface area contributed by atoms with E-state index < -0.39 is 97.5 Å². The molecule has 17 nitrogen and oxygen atoms in total. The molecule has 0 saturated carbocycles. The number of phosphoric acid groups is 2. The summed E-state index contributed by atoms with van der Waals surface area (Å²) < 4.78 is 68.6. The van der Waals surface area contributed by atoms with Crippen molar-refractivity contribution in [2.24, 2.45) is 0 Å². The highest BCUT2D eigenvalue weighted by Gasteiger charge is 2.30. The van der Waals surface area contributed by atoms with Crippen LogP contribution >= 0.6 is 15.6 Å². The number of phosphoric ester groups is 2. The van der Waals surface area contributed by atoms with Crippen LogP contribution in [0.4, 0.5) is 0 Å². The average molecular weight is 1510 g/mol. The summed E-state index contributed by atoms with van der Waals surface area (Å²) in [5.74, 6) is -2.25. The monoisotopic (exact) mass is 1510 g/mol. The van der Waals surface area contributed by atoms with Crippen molar-refractivity contribution >= 4 is 39.5 Å². The second kappa shape index (κ2) is 77.4. The molecule has 604 valence electrons. The highest BCUT2D eigenvalue weighted by atomic mass is 31.2. The molecule has 3 N–H and O–H groups in total. The lowest BCUT2D eigenvalue weighted by atomic mass is 10.0. The first kappa shape index (κ1) is 100. The first-order valence-electron chi connectivity index (χ1n) is 41.8. The van der Waals surface area contributed by atoms with Gasteiger partial charge >= 0.3 is 39.5 Å². The highest BCUT2D eigenvalue weighted by molar-refractivity contribution is 7.47. The molecule has 104 heavy (non-hydrogen) atoms. The molecule has 0 aliphatic rings. The summed E-state index contributed by atoms with van der Waals surface area (Å²) >= 11 is 0. The summed E-state index contributed by atoms with van der Waals surface area (Å²) in [5.41, 5.74) is 0. The third kappa shape index (κ3) is 76.4. The zero-order valence-corrected chi connectivity index (χ0v) is 68.0. The van der Waals surface area contributed by atoms with Crippen LogP contribution in [0.2, 0.25) is 0 Å². The molecule has 0 amide bonds. The Morgan fingerprint density at radius 1 is 0.269 bits per heavy atom. The molecule has 0 aliphatic heterocycles. The number of esters is 4. The van der Waals surface area contributed by atoms with Crippen molar-refractivity contribution in [3.05, 3.63) is 85.1 Å². The minimum absolute atomic E-state index is 0.0364. The molecule has 0 aromatic heterocycles. The summed E-state index contributed by atoms with van der Waals surface area (Å²) in [4.78, 5) is 73.1. The number of rotatable bonds is 79. The molecule has 0 heterocycles. The van der Waals surface area contributed by atoms with Gasteiger partial charge in [-0.25, -0.2) is 9.13 Å². The molecule has 0 aromatic carbocycles. The Balaban J connectivity index is 5.40. The number of hydrogen-bond donors (Lipinski definition) is 3. The number of carbonyl (C=O) groups is 4. The number of allylic oxidation sites excluding steroid dienone is 14. The number of aliphatic hydroxyl groups is 1.